The van der Waals surface area contributed by atoms with Crippen molar-refractivity contribution in [1.29, 1.82) is 0 Å². The molecule has 0 fully saturated rings. The van der Waals surface area contributed by atoms with E-state index in [0.717, 1.165) is 19.3 Å². The number of esters is 1. The van der Waals surface area contributed by atoms with E-state index in [-0.39, 0.29) is 18.5 Å². The number of carbonyl (C=O) groups excluding carboxylic acids is 2. The summed E-state index contributed by atoms with van der Waals surface area (Å²) < 4.78 is 11.2. The highest BCUT2D eigenvalue weighted by Gasteiger charge is 2.16. The standard InChI is InChI=1S/C23H26O4/c1-4-5-11-21(27-23(25)17(2)3)16-26-20-14-12-19(13-15-20)22(24)18-9-7-6-8-10-18/h6-10,12-15,21H,2,4-5,11,16H2,1,3H3. The van der Waals surface area contributed by atoms with E-state index < -0.39 is 5.97 Å². The zero-order valence-corrected chi connectivity index (χ0v) is 15.9. The van der Waals surface area contributed by atoms with Crippen LogP contribution in [0.25, 0.3) is 0 Å². The number of ketones is 1. The minimum absolute atomic E-state index is 0.0293. The van der Waals surface area contributed by atoms with Crippen molar-refractivity contribution in [2.75, 3.05) is 6.61 Å². The zero-order valence-electron chi connectivity index (χ0n) is 15.9. The second kappa shape index (κ2) is 10.3. The number of carbonyl (C=O) groups is 2. The molecule has 2 aromatic carbocycles. The molecule has 1 unspecified atom stereocenters. The van der Waals surface area contributed by atoms with Gasteiger partial charge in [0.15, 0.2) is 5.78 Å². The highest BCUT2D eigenvalue weighted by Crippen LogP contribution is 2.17. The quantitative estimate of drug-likeness (QED) is 0.338. The molecule has 0 saturated carbocycles. The summed E-state index contributed by atoms with van der Waals surface area (Å²) in [5.74, 6) is 0.203. The molecular weight excluding hydrogens is 340 g/mol. The molecule has 1 atom stereocenters. The topological polar surface area (TPSA) is 52.6 Å². The van der Waals surface area contributed by atoms with Gasteiger partial charge < -0.3 is 9.47 Å². The van der Waals surface area contributed by atoms with Crippen LogP contribution in [0.4, 0.5) is 0 Å². The smallest absolute Gasteiger partial charge is 0.333 e. The molecule has 0 aliphatic rings. The molecular formula is C23H26O4. The van der Waals surface area contributed by atoms with E-state index in [1.807, 2.05) is 18.2 Å². The Morgan fingerprint density at radius 3 is 2.22 bits per heavy atom. The Labute approximate surface area is 160 Å². The molecule has 4 heteroatoms. The van der Waals surface area contributed by atoms with Crippen LogP contribution in [0.3, 0.4) is 0 Å². The average molecular weight is 366 g/mol. The van der Waals surface area contributed by atoms with E-state index in [9.17, 15) is 9.59 Å². The predicted molar refractivity (Wildman–Crippen MR) is 106 cm³/mol. The third-order valence-corrected chi connectivity index (χ3v) is 4.09. The van der Waals surface area contributed by atoms with E-state index in [1.165, 1.54) is 0 Å². The first-order valence-electron chi connectivity index (χ1n) is 9.20. The van der Waals surface area contributed by atoms with Crippen molar-refractivity contribution in [3.05, 3.63) is 77.9 Å². The molecule has 27 heavy (non-hydrogen) atoms. The molecule has 0 N–H and O–H groups in total. The van der Waals surface area contributed by atoms with Crippen molar-refractivity contribution >= 4 is 11.8 Å². The molecule has 0 bridgehead atoms. The van der Waals surface area contributed by atoms with E-state index in [4.69, 9.17) is 9.47 Å². The molecule has 0 aliphatic carbocycles. The molecule has 2 rings (SSSR count). The van der Waals surface area contributed by atoms with Gasteiger partial charge in [-0.15, -0.1) is 0 Å². The lowest BCUT2D eigenvalue weighted by molar-refractivity contribution is -0.146. The van der Waals surface area contributed by atoms with E-state index >= 15 is 0 Å². The number of benzene rings is 2. The first-order valence-corrected chi connectivity index (χ1v) is 9.20. The van der Waals surface area contributed by atoms with Crippen LogP contribution in [0.5, 0.6) is 5.75 Å². The summed E-state index contributed by atoms with van der Waals surface area (Å²) in [6.45, 7) is 7.59. The number of hydrogen-bond donors (Lipinski definition) is 0. The fourth-order valence-corrected chi connectivity index (χ4v) is 2.51. The van der Waals surface area contributed by atoms with Crippen LogP contribution in [0.1, 0.15) is 49.0 Å². The molecule has 0 heterocycles. The second-order valence-electron chi connectivity index (χ2n) is 6.48. The predicted octanol–water partition coefficient (Wildman–Crippen LogP) is 4.97. The first kappa shape index (κ1) is 20.4. The maximum atomic E-state index is 12.4. The molecule has 0 aromatic heterocycles. The Bertz CT molecular complexity index is 763. The zero-order chi connectivity index (χ0) is 19.6. The van der Waals surface area contributed by atoms with Crippen molar-refractivity contribution in [2.45, 2.75) is 39.2 Å². The molecule has 0 radical (unpaired) electrons. The maximum absolute atomic E-state index is 12.4. The highest BCUT2D eigenvalue weighted by molar-refractivity contribution is 6.08. The molecule has 0 spiro atoms. The number of rotatable bonds is 10. The summed E-state index contributed by atoms with van der Waals surface area (Å²) in [6, 6.07) is 16.1. The lowest BCUT2D eigenvalue weighted by Crippen LogP contribution is -2.25. The largest absolute Gasteiger partial charge is 0.490 e. The van der Waals surface area contributed by atoms with Crippen LogP contribution in [-0.2, 0) is 9.53 Å². The number of ether oxygens (including phenoxy) is 2. The Balaban J connectivity index is 1.96. The lowest BCUT2D eigenvalue weighted by atomic mass is 10.0. The van der Waals surface area contributed by atoms with Gasteiger partial charge in [0.2, 0.25) is 0 Å². The molecule has 142 valence electrons. The van der Waals surface area contributed by atoms with Crippen molar-refractivity contribution in [1.82, 2.24) is 0 Å². The Morgan fingerprint density at radius 2 is 1.63 bits per heavy atom. The summed E-state index contributed by atoms with van der Waals surface area (Å²) in [4.78, 5) is 24.2. The lowest BCUT2D eigenvalue weighted by Gasteiger charge is -2.18. The highest BCUT2D eigenvalue weighted by atomic mass is 16.6. The Morgan fingerprint density at radius 1 is 1.00 bits per heavy atom. The van der Waals surface area contributed by atoms with Gasteiger partial charge in [0, 0.05) is 16.7 Å². The van der Waals surface area contributed by atoms with Crippen LogP contribution in [0, 0.1) is 0 Å². The van der Waals surface area contributed by atoms with Crippen LogP contribution < -0.4 is 4.74 Å². The van der Waals surface area contributed by atoms with Crippen LogP contribution in [0.15, 0.2) is 66.7 Å². The van der Waals surface area contributed by atoms with E-state index in [1.54, 1.807) is 43.3 Å². The SMILES string of the molecule is C=C(C)C(=O)OC(CCCC)COc1ccc(C(=O)c2ccccc2)cc1. The maximum Gasteiger partial charge on any atom is 0.333 e. The Hall–Kier alpha value is -2.88. The van der Waals surface area contributed by atoms with Crippen molar-refractivity contribution in [3.63, 3.8) is 0 Å². The van der Waals surface area contributed by atoms with E-state index in [2.05, 4.69) is 13.5 Å². The fraction of sp³-hybridized carbons (Fsp3) is 0.304. The molecule has 0 aliphatic heterocycles. The normalized spacial score (nSPS) is 11.5. The summed E-state index contributed by atoms with van der Waals surface area (Å²) >= 11 is 0. The van der Waals surface area contributed by atoms with Crippen LogP contribution in [0.2, 0.25) is 0 Å². The minimum atomic E-state index is -0.400. The number of hydrogen-bond acceptors (Lipinski definition) is 4. The van der Waals surface area contributed by atoms with Gasteiger partial charge in [0.25, 0.3) is 0 Å². The van der Waals surface area contributed by atoms with Gasteiger partial charge in [-0.2, -0.15) is 0 Å². The van der Waals surface area contributed by atoms with Crippen molar-refractivity contribution in [3.8, 4) is 5.75 Å². The summed E-state index contributed by atoms with van der Waals surface area (Å²) in [5, 5.41) is 0. The van der Waals surface area contributed by atoms with Gasteiger partial charge in [0.05, 0.1) is 0 Å². The summed E-state index contributed by atoms with van der Waals surface area (Å²) in [5.41, 5.74) is 1.63. The van der Waals surface area contributed by atoms with E-state index in [0.29, 0.717) is 22.4 Å². The molecule has 4 nitrogen and oxygen atoms in total. The van der Waals surface area contributed by atoms with Crippen LogP contribution in [-0.4, -0.2) is 24.5 Å². The van der Waals surface area contributed by atoms with Gasteiger partial charge in [-0.1, -0.05) is 50.3 Å². The van der Waals surface area contributed by atoms with Crippen molar-refractivity contribution in [2.24, 2.45) is 0 Å². The molecule has 2 aromatic rings. The third-order valence-electron chi connectivity index (χ3n) is 4.09. The summed E-state index contributed by atoms with van der Waals surface area (Å²) in [6.07, 6.45) is 2.37. The monoisotopic (exact) mass is 366 g/mol. The van der Waals surface area contributed by atoms with Gasteiger partial charge in [-0.05, 0) is 44.0 Å². The average Bonchev–Trinajstić information content (AvgIpc) is 2.70. The first-order chi connectivity index (χ1) is 13.0. The minimum Gasteiger partial charge on any atom is -0.490 e. The van der Waals surface area contributed by atoms with Crippen molar-refractivity contribution < 1.29 is 19.1 Å². The molecule has 0 saturated heterocycles. The fourth-order valence-electron chi connectivity index (χ4n) is 2.51. The number of unbranched alkanes of at least 4 members (excludes halogenated alkanes) is 1. The van der Waals surface area contributed by atoms with Crippen LogP contribution >= 0.6 is 0 Å². The summed E-state index contributed by atoms with van der Waals surface area (Å²) in [7, 11) is 0. The molecule has 0 amide bonds. The Kier molecular flexibility index (Phi) is 7.80. The van der Waals surface area contributed by atoms with Gasteiger partial charge in [0.1, 0.15) is 18.5 Å². The van der Waals surface area contributed by atoms with Gasteiger partial charge >= 0.3 is 5.97 Å². The second-order valence-corrected chi connectivity index (χ2v) is 6.48. The van der Waals surface area contributed by atoms with Gasteiger partial charge in [-0.25, -0.2) is 4.79 Å². The third kappa shape index (κ3) is 6.41. The van der Waals surface area contributed by atoms with Gasteiger partial charge in [-0.3, -0.25) is 4.79 Å².